The van der Waals surface area contributed by atoms with Gasteiger partial charge < -0.3 is 0 Å². The predicted molar refractivity (Wildman–Crippen MR) is 217 cm³/mol. The van der Waals surface area contributed by atoms with Crippen molar-refractivity contribution in [1.82, 2.24) is 15.0 Å². The lowest BCUT2D eigenvalue weighted by Gasteiger charge is -2.42. The van der Waals surface area contributed by atoms with Crippen molar-refractivity contribution >= 4 is 21.5 Å². The van der Waals surface area contributed by atoms with Gasteiger partial charge in [0, 0.05) is 16.7 Å². The molecule has 0 fully saturated rings. The molecule has 0 saturated heterocycles. The van der Waals surface area contributed by atoms with Crippen LogP contribution in [0, 0.1) is 0 Å². The summed E-state index contributed by atoms with van der Waals surface area (Å²) in [5.74, 6) is 1.98. The maximum absolute atomic E-state index is 5.12. The monoisotopic (exact) mass is 671 g/mol. The molecular weight excluding hydrogens is 631 g/mol. The summed E-state index contributed by atoms with van der Waals surface area (Å²) in [7, 11) is 0. The van der Waals surface area contributed by atoms with Crippen LogP contribution in [0.4, 0.5) is 0 Å². The van der Waals surface area contributed by atoms with E-state index in [0.29, 0.717) is 17.5 Å². The number of benzene rings is 7. The van der Waals surface area contributed by atoms with Gasteiger partial charge in [-0.15, -0.1) is 0 Å². The molecular formula is C49H41N3. The normalized spacial score (nSPS) is 14.7. The Morgan fingerprint density at radius 3 is 1.60 bits per heavy atom. The molecule has 9 rings (SSSR count). The van der Waals surface area contributed by atoms with Gasteiger partial charge in [0.1, 0.15) is 0 Å². The van der Waals surface area contributed by atoms with E-state index in [0.717, 1.165) is 27.8 Å². The van der Waals surface area contributed by atoms with Crippen molar-refractivity contribution in [3.63, 3.8) is 0 Å². The second-order valence-corrected chi connectivity index (χ2v) is 15.5. The van der Waals surface area contributed by atoms with Crippen LogP contribution in [0.5, 0.6) is 0 Å². The van der Waals surface area contributed by atoms with Crippen LogP contribution in [0.2, 0.25) is 0 Å². The van der Waals surface area contributed by atoms with Gasteiger partial charge in [0.25, 0.3) is 0 Å². The maximum atomic E-state index is 5.12. The van der Waals surface area contributed by atoms with E-state index in [2.05, 4.69) is 161 Å². The van der Waals surface area contributed by atoms with Gasteiger partial charge in [-0.3, -0.25) is 0 Å². The quantitative estimate of drug-likeness (QED) is 0.171. The fourth-order valence-electron chi connectivity index (χ4n) is 8.05. The highest BCUT2D eigenvalue weighted by Crippen LogP contribution is 2.47. The summed E-state index contributed by atoms with van der Waals surface area (Å²) in [4.78, 5) is 15.2. The molecule has 0 amide bonds. The molecule has 0 radical (unpaired) electrons. The molecule has 1 aromatic heterocycles. The predicted octanol–water partition coefficient (Wildman–Crippen LogP) is 12.9. The molecule has 0 spiro atoms. The molecule has 0 bridgehead atoms. The first-order valence-corrected chi connectivity index (χ1v) is 18.3. The Morgan fingerprint density at radius 1 is 0.365 bits per heavy atom. The molecule has 0 aliphatic heterocycles. The summed E-state index contributed by atoms with van der Waals surface area (Å²) in [6.07, 6.45) is 2.39. The Kier molecular flexibility index (Phi) is 7.62. The Balaban J connectivity index is 1.13. The third-order valence-electron chi connectivity index (χ3n) is 11.2. The maximum Gasteiger partial charge on any atom is 0.164 e. The van der Waals surface area contributed by atoms with Crippen LogP contribution in [-0.4, -0.2) is 15.0 Å². The average Bonchev–Trinajstić information content (AvgIpc) is 3.19. The number of rotatable bonds is 5. The summed E-state index contributed by atoms with van der Waals surface area (Å²) in [6, 6.07) is 54.2. The van der Waals surface area contributed by atoms with Gasteiger partial charge in [0.2, 0.25) is 0 Å². The lowest BCUT2D eigenvalue weighted by molar-refractivity contribution is 0.332. The van der Waals surface area contributed by atoms with E-state index in [1.165, 1.54) is 56.6 Å². The lowest BCUT2D eigenvalue weighted by Crippen LogP contribution is -2.33. The molecule has 0 N–H and O–H groups in total. The zero-order valence-corrected chi connectivity index (χ0v) is 30.2. The summed E-state index contributed by atoms with van der Waals surface area (Å²) in [5.41, 5.74) is 10.9. The standard InChI is InChI=1S/C49H41N3/c1-48(2)27-28-49(3,4)44-31-36(25-26-43(44)48)35-16-12-17-38(29-35)47-51-45(33-13-6-5-7-14-33)50-46(52-47)34-23-21-32(22-24-34)42-30-37-15-8-9-18-39(37)40-19-10-11-20-41(40)42/h5-26,29-31H,27-28H2,1-4H3. The fraction of sp³-hybridized carbons (Fsp3) is 0.163. The molecule has 1 aliphatic rings. The van der Waals surface area contributed by atoms with Crippen LogP contribution in [0.3, 0.4) is 0 Å². The van der Waals surface area contributed by atoms with Crippen LogP contribution in [-0.2, 0) is 10.8 Å². The zero-order valence-electron chi connectivity index (χ0n) is 30.2. The topological polar surface area (TPSA) is 38.7 Å². The van der Waals surface area contributed by atoms with Gasteiger partial charge in [0.15, 0.2) is 17.5 Å². The number of hydrogen-bond acceptors (Lipinski definition) is 3. The van der Waals surface area contributed by atoms with E-state index in [-0.39, 0.29) is 10.8 Å². The van der Waals surface area contributed by atoms with Gasteiger partial charge in [-0.1, -0.05) is 167 Å². The minimum atomic E-state index is 0.142. The largest absolute Gasteiger partial charge is 0.208 e. The molecule has 0 saturated carbocycles. The highest BCUT2D eigenvalue weighted by molar-refractivity contribution is 6.13. The van der Waals surface area contributed by atoms with Crippen molar-refractivity contribution in [2.45, 2.75) is 51.4 Å². The van der Waals surface area contributed by atoms with E-state index in [4.69, 9.17) is 15.0 Å². The first kappa shape index (κ1) is 32.0. The minimum absolute atomic E-state index is 0.142. The first-order chi connectivity index (χ1) is 25.2. The third kappa shape index (κ3) is 5.67. The van der Waals surface area contributed by atoms with E-state index < -0.39 is 0 Å². The first-order valence-electron chi connectivity index (χ1n) is 18.3. The summed E-state index contributed by atoms with van der Waals surface area (Å²) in [6.45, 7) is 9.52. The van der Waals surface area contributed by atoms with Crippen molar-refractivity contribution < 1.29 is 0 Å². The molecule has 252 valence electrons. The molecule has 3 heteroatoms. The minimum Gasteiger partial charge on any atom is -0.208 e. The zero-order chi connectivity index (χ0) is 35.5. The summed E-state index contributed by atoms with van der Waals surface area (Å²) >= 11 is 0. The number of aromatic nitrogens is 3. The highest BCUT2D eigenvalue weighted by Gasteiger charge is 2.37. The molecule has 8 aromatic rings. The molecule has 0 atom stereocenters. The number of nitrogens with zero attached hydrogens (tertiary/aromatic N) is 3. The van der Waals surface area contributed by atoms with Gasteiger partial charge in [-0.25, -0.2) is 15.0 Å². The Hall–Kier alpha value is -5.93. The van der Waals surface area contributed by atoms with Crippen molar-refractivity contribution in [3.05, 3.63) is 163 Å². The van der Waals surface area contributed by atoms with Crippen LogP contribution in [0.25, 0.3) is 78.0 Å². The Morgan fingerprint density at radius 2 is 0.865 bits per heavy atom. The van der Waals surface area contributed by atoms with E-state index >= 15 is 0 Å². The van der Waals surface area contributed by atoms with Crippen LogP contribution in [0.15, 0.2) is 152 Å². The third-order valence-corrected chi connectivity index (χ3v) is 11.2. The molecule has 1 aliphatic carbocycles. The van der Waals surface area contributed by atoms with Crippen molar-refractivity contribution in [2.75, 3.05) is 0 Å². The van der Waals surface area contributed by atoms with E-state index in [1.807, 2.05) is 18.2 Å². The smallest absolute Gasteiger partial charge is 0.164 e. The van der Waals surface area contributed by atoms with Crippen LogP contribution < -0.4 is 0 Å². The van der Waals surface area contributed by atoms with Crippen molar-refractivity contribution in [1.29, 1.82) is 0 Å². The van der Waals surface area contributed by atoms with Gasteiger partial charge >= 0.3 is 0 Å². The Bertz CT molecular complexity index is 2620. The lowest BCUT2D eigenvalue weighted by atomic mass is 9.63. The molecule has 0 unspecified atom stereocenters. The van der Waals surface area contributed by atoms with Gasteiger partial charge in [0.05, 0.1) is 0 Å². The van der Waals surface area contributed by atoms with E-state index in [1.54, 1.807) is 0 Å². The van der Waals surface area contributed by atoms with Gasteiger partial charge in [-0.2, -0.15) is 0 Å². The SMILES string of the molecule is CC1(C)CCC(C)(C)c2cc(-c3cccc(-c4nc(-c5ccccc5)nc(-c5ccc(-c6cc7ccccc7c7ccccc67)cc5)n4)c3)ccc21. The second-order valence-electron chi connectivity index (χ2n) is 15.5. The number of fused-ring (bicyclic) bond motifs is 4. The fourth-order valence-corrected chi connectivity index (χ4v) is 8.05. The second kappa shape index (κ2) is 12.4. The average molecular weight is 672 g/mol. The molecule has 52 heavy (non-hydrogen) atoms. The van der Waals surface area contributed by atoms with Gasteiger partial charge in [-0.05, 0) is 90.7 Å². The van der Waals surface area contributed by atoms with Crippen LogP contribution in [0.1, 0.15) is 51.7 Å². The van der Waals surface area contributed by atoms with Crippen molar-refractivity contribution in [3.8, 4) is 56.4 Å². The van der Waals surface area contributed by atoms with E-state index in [9.17, 15) is 0 Å². The number of hydrogen-bond donors (Lipinski definition) is 0. The molecule has 1 heterocycles. The summed E-state index contributed by atoms with van der Waals surface area (Å²) in [5, 5.41) is 5.02. The Labute approximate surface area is 306 Å². The van der Waals surface area contributed by atoms with Crippen molar-refractivity contribution in [2.24, 2.45) is 0 Å². The molecule has 7 aromatic carbocycles. The van der Waals surface area contributed by atoms with Crippen LogP contribution >= 0.6 is 0 Å². The highest BCUT2D eigenvalue weighted by atomic mass is 15.0. The molecule has 3 nitrogen and oxygen atoms in total. The summed E-state index contributed by atoms with van der Waals surface area (Å²) < 4.78 is 0.